The van der Waals surface area contributed by atoms with Crippen molar-refractivity contribution in [3.8, 4) is 5.75 Å². The zero-order chi connectivity index (χ0) is 7.84. The number of nitrogens with two attached hydrogens (primary N) is 1. The number of aromatic amines is 1. The second kappa shape index (κ2) is 1.88. The SMILES string of the molecule is Nc1ccc(O)c2nc[nH]c12. The van der Waals surface area contributed by atoms with Crippen LogP contribution in [0.5, 0.6) is 5.75 Å². The first-order valence-electron chi connectivity index (χ1n) is 3.19. The van der Waals surface area contributed by atoms with Crippen LogP contribution in [0.15, 0.2) is 18.5 Å². The van der Waals surface area contributed by atoms with Gasteiger partial charge in [0, 0.05) is 0 Å². The van der Waals surface area contributed by atoms with Gasteiger partial charge in [0.05, 0.1) is 17.5 Å². The highest BCUT2D eigenvalue weighted by molar-refractivity contribution is 5.90. The molecule has 0 aliphatic rings. The molecule has 0 bridgehead atoms. The highest BCUT2D eigenvalue weighted by atomic mass is 16.3. The number of phenolic OH excluding ortho intramolecular Hbond substituents is 1. The van der Waals surface area contributed by atoms with E-state index in [1.165, 1.54) is 12.4 Å². The Kier molecular flexibility index (Phi) is 1.03. The van der Waals surface area contributed by atoms with Crippen LogP contribution >= 0.6 is 0 Å². The van der Waals surface area contributed by atoms with Gasteiger partial charge >= 0.3 is 0 Å². The number of nitrogen functional groups attached to an aromatic ring is 1. The Morgan fingerprint density at radius 1 is 1.45 bits per heavy atom. The Hall–Kier alpha value is -1.71. The van der Waals surface area contributed by atoms with Crippen LogP contribution in [0, 0.1) is 0 Å². The van der Waals surface area contributed by atoms with Crippen LogP contribution < -0.4 is 5.73 Å². The summed E-state index contributed by atoms with van der Waals surface area (Å²) in [5.74, 6) is 0.149. The maximum absolute atomic E-state index is 9.25. The molecule has 11 heavy (non-hydrogen) atoms. The molecule has 0 atom stereocenters. The number of aromatic nitrogens is 2. The second-order valence-corrected chi connectivity index (χ2v) is 2.30. The van der Waals surface area contributed by atoms with Crippen LogP contribution in [0.3, 0.4) is 0 Å². The fraction of sp³-hybridized carbons (Fsp3) is 0. The van der Waals surface area contributed by atoms with Crippen molar-refractivity contribution in [1.82, 2.24) is 9.97 Å². The van der Waals surface area contributed by atoms with E-state index in [4.69, 9.17) is 5.73 Å². The molecule has 0 saturated heterocycles. The third kappa shape index (κ3) is 0.724. The van der Waals surface area contributed by atoms with E-state index < -0.39 is 0 Å². The first-order chi connectivity index (χ1) is 5.29. The van der Waals surface area contributed by atoms with Gasteiger partial charge in [-0.3, -0.25) is 0 Å². The first-order valence-corrected chi connectivity index (χ1v) is 3.19. The molecule has 0 spiro atoms. The second-order valence-electron chi connectivity index (χ2n) is 2.30. The minimum Gasteiger partial charge on any atom is -0.506 e. The van der Waals surface area contributed by atoms with Gasteiger partial charge in [0.1, 0.15) is 11.3 Å². The lowest BCUT2D eigenvalue weighted by Crippen LogP contribution is -1.85. The lowest BCUT2D eigenvalue weighted by Gasteiger charge is -1.95. The Labute approximate surface area is 62.7 Å². The molecule has 2 aromatic rings. The van der Waals surface area contributed by atoms with Crippen molar-refractivity contribution in [3.05, 3.63) is 18.5 Å². The Morgan fingerprint density at radius 3 is 3.00 bits per heavy atom. The summed E-state index contributed by atoms with van der Waals surface area (Å²) in [6.07, 6.45) is 1.50. The van der Waals surface area contributed by atoms with Crippen LogP contribution in [0.1, 0.15) is 0 Å². The molecular weight excluding hydrogens is 142 g/mol. The molecule has 1 heterocycles. The van der Waals surface area contributed by atoms with Crippen molar-refractivity contribution in [2.24, 2.45) is 0 Å². The smallest absolute Gasteiger partial charge is 0.143 e. The molecule has 2 rings (SSSR count). The molecule has 4 nitrogen and oxygen atoms in total. The van der Waals surface area contributed by atoms with E-state index in [0.29, 0.717) is 16.7 Å². The molecule has 1 aromatic heterocycles. The Bertz CT molecular complexity index is 357. The minimum atomic E-state index is 0.149. The largest absolute Gasteiger partial charge is 0.506 e. The minimum absolute atomic E-state index is 0.149. The summed E-state index contributed by atoms with van der Waals surface area (Å²) in [6, 6.07) is 3.16. The zero-order valence-corrected chi connectivity index (χ0v) is 5.70. The third-order valence-corrected chi connectivity index (χ3v) is 1.59. The van der Waals surface area contributed by atoms with E-state index in [2.05, 4.69) is 9.97 Å². The number of imidazole rings is 1. The average Bonchev–Trinajstić information content (AvgIpc) is 2.45. The number of hydrogen-bond donors (Lipinski definition) is 3. The number of nitrogens with one attached hydrogen (secondary N) is 1. The van der Waals surface area contributed by atoms with E-state index >= 15 is 0 Å². The number of phenols is 1. The molecular formula is C7H7N3O. The van der Waals surface area contributed by atoms with E-state index in [-0.39, 0.29) is 5.75 Å². The number of benzene rings is 1. The van der Waals surface area contributed by atoms with Gasteiger partial charge in [0.15, 0.2) is 0 Å². The molecule has 4 heteroatoms. The molecule has 0 radical (unpaired) electrons. The fourth-order valence-electron chi connectivity index (χ4n) is 1.04. The number of aromatic hydroxyl groups is 1. The number of nitrogens with zero attached hydrogens (tertiary/aromatic N) is 1. The van der Waals surface area contributed by atoms with Gasteiger partial charge in [-0.25, -0.2) is 4.98 Å². The van der Waals surface area contributed by atoms with Crippen molar-refractivity contribution in [1.29, 1.82) is 0 Å². The highest BCUT2D eigenvalue weighted by Gasteiger charge is 2.03. The maximum atomic E-state index is 9.25. The predicted octanol–water partition coefficient (Wildman–Crippen LogP) is 0.851. The lowest BCUT2D eigenvalue weighted by atomic mass is 10.2. The summed E-state index contributed by atoms with van der Waals surface area (Å²) in [5, 5.41) is 9.25. The molecule has 0 aliphatic heterocycles. The summed E-state index contributed by atoms with van der Waals surface area (Å²) in [5.41, 5.74) is 7.38. The van der Waals surface area contributed by atoms with Crippen LogP contribution in [0.25, 0.3) is 11.0 Å². The van der Waals surface area contributed by atoms with Gasteiger partial charge in [-0.15, -0.1) is 0 Å². The van der Waals surface area contributed by atoms with Crippen LogP contribution in [-0.2, 0) is 0 Å². The average molecular weight is 149 g/mol. The number of H-pyrrole nitrogens is 1. The number of rotatable bonds is 0. The highest BCUT2D eigenvalue weighted by Crippen LogP contribution is 2.25. The first kappa shape index (κ1) is 6.03. The monoisotopic (exact) mass is 149 g/mol. The molecule has 0 unspecified atom stereocenters. The van der Waals surface area contributed by atoms with Gasteiger partial charge in [-0.2, -0.15) is 0 Å². The van der Waals surface area contributed by atoms with Gasteiger partial charge < -0.3 is 15.8 Å². The summed E-state index contributed by atoms with van der Waals surface area (Å²) in [6.45, 7) is 0. The zero-order valence-electron chi connectivity index (χ0n) is 5.70. The van der Waals surface area contributed by atoms with Crippen molar-refractivity contribution >= 4 is 16.7 Å². The molecule has 0 fully saturated rings. The lowest BCUT2D eigenvalue weighted by molar-refractivity contribution is 0.480. The molecule has 0 saturated carbocycles. The third-order valence-electron chi connectivity index (χ3n) is 1.59. The molecule has 0 amide bonds. The molecule has 56 valence electrons. The quantitative estimate of drug-likeness (QED) is 0.384. The van der Waals surface area contributed by atoms with E-state index in [0.717, 1.165) is 0 Å². The van der Waals surface area contributed by atoms with Gasteiger partial charge in [0.25, 0.3) is 0 Å². The predicted molar refractivity (Wildman–Crippen MR) is 42.2 cm³/mol. The van der Waals surface area contributed by atoms with Crippen molar-refractivity contribution in [2.45, 2.75) is 0 Å². The van der Waals surface area contributed by atoms with Gasteiger partial charge in [-0.05, 0) is 12.1 Å². The van der Waals surface area contributed by atoms with Crippen LogP contribution in [-0.4, -0.2) is 15.1 Å². The molecule has 0 aliphatic carbocycles. The maximum Gasteiger partial charge on any atom is 0.143 e. The summed E-state index contributed by atoms with van der Waals surface area (Å²) >= 11 is 0. The van der Waals surface area contributed by atoms with E-state index in [1.807, 2.05) is 0 Å². The van der Waals surface area contributed by atoms with Crippen LogP contribution in [0.2, 0.25) is 0 Å². The number of fused-ring (bicyclic) bond motifs is 1. The van der Waals surface area contributed by atoms with Crippen molar-refractivity contribution < 1.29 is 5.11 Å². The summed E-state index contributed by atoms with van der Waals surface area (Å²) in [4.78, 5) is 6.73. The van der Waals surface area contributed by atoms with Gasteiger partial charge in [-0.1, -0.05) is 0 Å². The van der Waals surface area contributed by atoms with Gasteiger partial charge in [0.2, 0.25) is 0 Å². The fourth-order valence-corrected chi connectivity index (χ4v) is 1.04. The van der Waals surface area contributed by atoms with Crippen LogP contribution in [0.4, 0.5) is 5.69 Å². The normalized spacial score (nSPS) is 10.5. The topological polar surface area (TPSA) is 74.9 Å². The van der Waals surface area contributed by atoms with Crippen molar-refractivity contribution in [3.63, 3.8) is 0 Å². The Morgan fingerprint density at radius 2 is 2.27 bits per heavy atom. The molecule has 1 aromatic carbocycles. The molecule has 4 N–H and O–H groups in total. The Balaban J connectivity index is 2.96. The number of anilines is 1. The van der Waals surface area contributed by atoms with E-state index in [9.17, 15) is 5.11 Å². The number of hydrogen-bond acceptors (Lipinski definition) is 3. The summed E-state index contributed by atoms with van der Waals surface area (Å²) in [7, 11) is 0. The van der Waals surface area contributed by atoms with Crippen molar-refractivity contribution in [2.75, 3.05) is 5.73 Å². The van der Waals surface area contributed by atoms with E-state index in [1.54, 1.807) is 6.07 Å². The standard InChI is InChI=1S/C7H7N3O/c8-4-1-2-5(11)7-6(4)9-3-10-7/h1-3,11H,8H2,(H,9,10). The summed E-state index contributed by atoms with van der Waals surface area (Å²) < 4.78 is 0.